The first-order chi connectivity index (χ1) is 12.4. The largest absolute Gasteiger partial charge is 0.497 e. The number of hydrogen-bond acceptors (Lipinski definition) is 5. The third kappa shape index (κ3) is 3.81. The van der Waals surface area contributed by atoms with Gasteiger partial charge in [-0.1, -0.05) is 24.3 Å². The van der Waals surface area contributed by atoms with Crippen LogP contribution in [0.15, 0.2) is 48.7 Å². The molecule has 3 N–H and O–H groups in total. The summed E-state index contributed by atoms with van der Waals surface area (Å²) >= 11 is 0. The first-order valence-electron chi connectivity index (χ1n) is 7.65. The van der Waals surface area contributed by atoms with Crippen LogP contribution in [-0.4, -0.2) is 20.5 Å². The molecule has 0 bridgehead atoms. The summed E-state index contributed by atoms with van der Waals surface area (Å²) in [5.41, 5.74) is 3.53. The molecule has 3 rings (SSSR count). The van der Waals surface area contributed by atoms with Crippen LogP contribution in [0, 0.1) is 11.3 Å². The first kappa shape index (κ1) is 17.8. The highest BCUT2D eigenvalue weighted by Crippen LogP contribution is 2.32. The van der Waals surface area contributed by atoms with Crippen molar-refractivity contribution in [2.24, 2.45) is 5.14 Å². The van der Waals surface area contributed by atoms with Gasteiger partial charge in [-0.3, -0.25) is 4.98 Å². The van der Waals surface area contributed by atoms with Gasteiger partial charge in [-0.15, -0.1) is 0 Å². The molecule has 0 saturated carbocycles. The minimum atomic E-state index is -3.74. The van der Waals surface area contributed by atoms with Crippen LogP contribution >= 0.6 is 0 Å². The second kappa shape index (κ2) is 7.09. The number of benzene rings is 2. The monoisotopic (exact) mass is 368 g/mol. The van der Waals surface area contributed by atoms with Gasteiger partial charge in [0.1, 0.15) is 11.8 Å². The third-order valence-electron chi connectivity index (χ3n) is 3.92. The minimum absolute atomic E-state index is 0.0957. The molecule has 0 aliphatic rings. The van der Waals surface area contributed by atoms with E-state index in [0.717, 1.165) is 27.6 Å². The van der Waals surface area contributed by atoms with E-state index in [1.807, 2.05) is 30.3 Å². The van der Waals surface area contributed by atoms with Gasteiger partial charge in [-0.05, 0) is 23.3 Å². The summed E-state index contributed by atoms with van der Waals surface area (Å²) in [4.78, 5) is 4.33. The van der Waals surface area contributed by atoms with Crippen molar-refractivity contribution in [2.75, 3.05) is 7.11 Å². The fourth-order valence-corrected chi connectivity index (χ4v) is 3.04. The van der Waals surface area contributed by atoms with E-state index in [0.29, 0.717) is 11.3 Å². The van der Waals surface area contributed by atoms with Crippen molar-refractivity contribution in [1.29, 1.82) is 5.26 Å². The topological polar surface area (TPSA) is 118 Å². The molecule has 0 unspecified atom stereocenters. The van der Waals surface area contributed by atoms with Crippen LogP contribution in [-0.2, 0) is 16.8 Å². The predicted molar refractivity (Wildman–Crippen MR) is 98.4 cm³/mol. The molecule has 0 saturated heterocycles. The number of rotatable bonds is 5. The lowest BCUT2D eigenvalue weighted by Gasteiger charge is -2.11. The molecule has 26 heavy (non-hydrogen) atoms. The number of hydrogen-bond donors (Lipinski definition) is 2. The highest BCUT2D eigenvalue weighted by molar-refractivity contribution is 7.87. The summed E-state index contributed by atoms with van der Waals surface area (Å²) in [7, 11) is -2.16. The fraction of sp³-hybridized carbons (Fsp3) is 0.111. The SMILES string of the molecule is COc1ccc2c(-c3ccc(CNS(N)(=O)=O)cc3)c(C#N)cnc2c1. The maximum Gasteiger partial charge on any atom is 0.274 e. The van der Waals surface area contributed by atoms with Crippen molar-refractivity contribution in [3.8, 4) is 22.9 Å². The highest BCUT2D eigenvalue weighted by atomic mass is 32.2. The number of aromatic nitrogens is 1. The number of pyridine rings is 1. The number of fused-ring (bicyclic) bond motifs is 1. The molecule has 0 atom stereocenters. The quantitative estimate of drug-likeness (QED) is 0.715. The third-order valence-corrected chi connectivity index (χ3v) is 4.46. The molecule has 2 aromatic carbocycles. The van der Waals surface area contributed by atoms with Crippen molar-refractivity contribution in [3.63, 3.8) is 0 Å². The van der Waals surface area contributed by atoms with Crippen molar-refractivity contribution in [2.45, 2.75) is 6.54 Å². The van der Waals surface area contributed by atoms with Gasteiger partial charge in [-0.25, -0.2) is 5.14 Å². The van der Waals surface area contributed by atoms with Crippen LogP contribution in [0.3, 0.4) is 0 Å². The number of nitrogens with zero attached hydrogens (tertiary/aromatic N) is 2. The second-order valence-electron chi connectivity index (χ2n) is 5.60. The van der Waals surface area contributed by atoms with E-state index >= 15 is 0 Å². The summed E-state index contributed by atoms with van der Waals surface area (Å²) in [6.07, 6.45) is 1.54. The normalized spacial score (nSPS) is 11.3. The lowest BCUT2D eigenvalue weighted by molar-refractivity contribution is 0.415. The zero-order chi connectivity index (χ0) is 18.7. The Labute approximate surface area is 151 Å². The van der Waals surface area contributed by atoms with Gasteiger partial charge in [0.15, 0.2) is 0 Å². The van der Waals surface area contributed by atoms with Gasteiger partial charge in [0.2, 0.25) is 0 Å². The fourth-order valence-electron chi connectivity index (χ4n) is 2.67. The van der Waals surface area contributed by atoms with Gasteiger partial charge in [0.25, 0.3) is 10.2 Å². The minimum Gasteiger partial charge on any atom is -0.497 e. The zero-order valence-corrected chi connectivity index (χ0v) is 14.7. The van der Waals surface area contributed by atoms with E-state index in [1.54, 1.807) is 19.2 Å². The number of nitriles is 1. The van der Waals surface area contributed by atoms with Crippen molar-refractivity contribution in [3.05, 3.63) is 59.8 Å². The smallest absolute Gasteiger partial charge is 0.274 e. The molecule has 8 heteroatoms. The van der Waals surface area contributed by atoms with E-state index in [4.69, 9.17) is 9.88 Å². The van der Waals surface area contributed by atoms with Crippen LogP contribution in [0.2, 0.25) is 0 Å². The van der Waals surface area contributed by atoms with Gasteiger partial charge in [-0.2, -0.15) is 18.4 Å². The highest BCUT2D eigenvalue weighted by Gasteiger charge is 2.12. The summed E-state index contributed by atoms with van der Waals surface area (Å²) in [5.74, 6) is 0.685. The average Bonchev–Trinajstić information content (AvgIpc) is 2.64. The van der Waals surface area contributed by atoms with E-state index in [2.05, 4.69) is 15.8 Å². The lowest BCUT2D eigenvalue weighted by Crippen LogP contribution is -2.30. The maximum absolute atomic E-state index is 11.0. The summed E-state index contributed by atoms with van der Waals surface area (Å²) in [5, 5.41) is 15.2. The number of methoxy groups -OCH3 is 1. The Kier molecular flexibility index (Phi) is 4.86. The number of ether oxygens (including phenoxy) is 1. The van der Waals surface area contributed by atoms with E-state index in [-0.39, 0.29) is 6.54 Å². The first-order valence-corrected chi connectivity index (χ1v) is 9.19. The van der Waals surface area contributed by atoms with Gasteiger partial charge in [0.05, 0.1) is 18.2 Å². The molecule has 7 nitrogen and oxygen atoms in total. The molecule has 0 radical (unpaired) electrons. The Balaban J connectivity index is 2.05. The van der Waals surface area contributed by atoms with Gasteiger partial charge in [0, 0.05) is 29.8 Å². The lowest BCUT2D eigenvalue weighted by atomic mass is 9.96. The zero-order valence-electron chi connectivity index (χ0n) is 13.9. The molecule has 3 aromatic rings. The Bertz CT molecular complexity index is 1100. The Morgan fingerprint density at radius 1 is 1.23 bits per heavy atom. The molecule has 0 fully saturated rings. The van der Waals surface area contributed by atoms with Crippen molar-refractivity contribution in [1.82, 2.24) is 9.71 Å². The Morgan fingerprint density at radius 3 is 2.58 bits per heavy atom. The van der Waals surface area contributed by atoms with Crippen molar-refractivity contribution >= 4 is 21.1 Å². The molecule has 0 aliphatic heterocycles. The number of nitrogens with two attached hydrogens (primary N) is 1. The van der Waals surface area contributed by atoms with Crippen LogP contribution in [0.5, 0.6) is 5.75 Å². The molecular formula is C18H16N4O3S. The standard InChI is InChI=1S/C18H16N4O3S/c1-25-15-6-7-16-17(8-15)21-11-14(9-19)18(16)13-4-2-12(3-5-13)10-22-26(20,23)24/h2-8,11,22H,10H2,1H3,(H2,20,23,24). The molecule has 1 aromatic heterocycles. The predicted octanol–water partition coefficient (Wildman–Crippen LogP) is 2.08. The number of nitrogens with one attached hydrogen (secondary N) is 1. The molecule has 0 spiro atoms. The molecule has 0 aliphatic carbocycles. The van der Waals surface area contributed by atoms with Crippen LogP contribution in [0.25, 0.3) is 22.0 Å². The van der Waals surface area contributed by atoms with Gasteiger partial charge < -0.3 is 4.74 Å². The van der Waals surface area contributed by atoms with Crippen molar-refractivity contribution < 1.29 is 13.2 Å². The van der Waals surface area contributed by atoms with E-state index in [9.17, 15) is 13.7 Å². The van der Waals surface area contributed by atoms with Crippen LogP contribution < -0.4 is 14.6 Å². The second-order valence-corrected chi connectivity index (χ2v) is 6.98. The Hall–Kier alpha value is -2.99. The molecular weight excluding hydrogens is 352 g/mol. The Morgan fingerprint density at radius 2 is 1.96 bits per heavy atom. The van der Waals surface area contributed by atoms with E-state index < -0.39 is 10.2 Å². The van der Waals surface area contributed by atoms with E-state index in [1.165, 1.54) is 6.20 Å². The summed E-state index contributed by atoms with van der Waals surface area (Å²) < 4.78 is 29.4. The molecule has 0 amide bonds. The van der Waals surface area contributed by atoms with Crippen LogP contribution in [0.1, 0.15) is 11.1 Å². The van der Waals surface area contributed by atoms with Crippen LogP contribution in [0.4, 0.5) is 0 Å². The maximum atomic E-state index is 11.0. The average molecular weight is 368 g/mol. The summed E-state index contributed by atoms with van der Waals surface area (Å²) in [6, 6.07) is 14.9. The summed E-state index contributed by atoms with van der Waals surface area (Å²) in [6.45, 7) is 0.0957. The molecule has 1 heterocycles. The molecule has 132 valence electrons. The van der Waals surface area contributed by atoms with Gasteiger partial charge >= 0.3 is 0 Å².